The maximum Gasteiger partial charge on any atom is 0.129 e. The zero-order valence-electron chi connectivity index (χ0n) is 10.5. The van der Waals surface area contributed by atoms with Crippen molar-refractivity contribution in [1.82, 2.24) is 9.78 Å². The van der Waals surface area contributed by atoms with Crippen LogP contribution in [0.2, 0.25) is 0 Å². The summed E-state index contributed by atoms with van der Waals surface area (Å²) in [5.41, 5.74) is 7.57. The number of aromatic nitrogens is 2. The van der Waals surface area contributed by atoms with Crippen molar-refractivity contribution in [3.63, 3.8) is 0 Å². The Morgan fingerprint density at radius 1 is 1.53 bits per heavy atom. The first-order valence-corrected chi connectivity index (χ1v) is 6.96. The molecule has 1 aromatic heterocycles. The van der Waals surface area contributed by atoms with Crippen molar-refractivity contribution in [2.45, 2.75) is 6.42 Å². The first kappa shape index (κ1) is 14.0. The summed E-state index contributed by atoms with van der Waals surface area (Å²) in [6, 6.07) is 5.63. The Hall–Kier alpha value is -1.40. The fourth-order valence-corrected chi connectivity index (χ4v) is 2.22. The Morgan fingerprint density at radius 2 is 2.32 bits per heavy atom. The van der Waals surface area contributed by atoms with Crippen LogP contribution in [-0.4, -0.2) is 21.4 Å². The van der Waals surface area contributed by atoms with Crippen molar-refractivity contribution < 1.29 is 4.74 Å². The molecular weight excluding hydrogens is 326 g/mol. The SMILES string of the molecule is Cn1cc(CCOc2ccc(Br)cc2C(N)=S)cn1. The molecule has 2 N–H and O–H groups in total. The van der Waals surface area contributed by atoms with E-state index in [1.165, 1.54) is 0 Å². The lowest BCUT2D eigenvalue weighted by molar-refractivity contribution is 0.321. The monoisotopic (exact) mass is 339 g/mol. The first-order chi connectivity index (χ1) is 9.06. The van der Waals surface area contributed by atoms with Crippen LogP contribution in [0.5, 0.6) is 5.75 Å². The number of hydrogen-bond acceptors (Lipinski definition) is 3. The molecule has 0 saturated heterocycles. The van der Waals surface area contributed by atoms with Crippen LogP contribution in [-0.2, 0) is 13.5 Å². The van der Waals surface area contributed by atoms with Gasteiger partial charge in [0.15, 0.2) is 0 Å². The van der Waals surface area contributed by atoms with Crippen LogP contribution in [0.15, 0.2) is 35.1 Å². The Bertz CT molecular complexity index is 597. The van der Waals surface area contributed by atoms with Crippen LogP contribution in [0.3, 0.4) is 0 Å². The van der Waals surface area contributed by atoms with Gasteiger partial charge in [-0.15, -0.1) is 0 Å². The molecule has 100 valence electrons. The van der Waals surface area contributed by atoms with Crippen molar-refractivity contribution in [2.24, 2.45) is 12.8 Å². The van der Waals surface area contributed by atoms with Gasteiger partial charge in [0.25, 0.3) is 0 Å². The second kappa shape index (κ2) is 6.16. The van der Waals surface area contributed by atoms with Crippen molar-refractivity contribution >= 4 is 33.1 Å². The number of thiocarbonyl (C=S) groups is 1. The molecular formula is C13H14BrN3OS. The van der Waals surface area contributed by atoms with E-state index in [0.29, 0.717) is 17.3 Å². The topological polar surface area (TPSA) is 53.1 Å². The second-order valence-corrected chi connectivity index (χ2v) is 5.48. The highest BCUT2D eigenvalue weighted by molar-refractivity contribution is 9.10. The van der Waals surface area contributed by atoms with Crippen LogP contribution >= 0.6 is 28.1 Å². The summed E-state index contributed by atoms with van der Waals surface area (Å²) in [7, 11) is 1.89. The normalized spacial score (nSPS) is 10.4. The van der Waals surface area contributed by atoms with Gasteiger partial charge in [-0.25, -0.2) is 0 Å². The number of nitrogens with zero attached hydrogens (tertiary/aromatic N) is 2. The van der Waals surface area contributed by atoms with Gasteiger partial charge in [-0.3, -0.25) is 4.68 Å². The number of halogens is 1. The Kier molecular flexibility index (Phi) is 4.55. The lowest BCUT2D eigenvalue weighted by Gasteiger charge is -2.10. The van der Waals surface area contributed by atoms with Gasteiger partial charge in [-0.2, -0.15) is 5.10 Å². The smallest absolute Gasteiger partial charge is 0.129 e. The van der Waals surface area contributed by atoms with Crippen LogP contribution in [0.1, 0.15) is 11.1 Å². The van der Waals surface area contributed by atoms with E-state index in [1.807, 2.05) is 37.6 Å². The number of hydrogen-bond donors (Lipinski definition) is 1. The van der Waals surface area contributed by atoms with E-state index in [9.17, 15) is 0 Å². The second-order valence-electron chi connectivity index (χ2n) is 4.13. The molecule has 2 rings (SSSR count). The minimum Gasteiger partial charge on any atom is -0.493 e. The Morgan fingerprint density at radius 3 is 2.95 bits per heavy atom. The number of aryl methyl sites for hydroxylation is 1. The molecule has 0 unspecified atom stereocenters. The zero-order valence-corrected chi connectivity index (χ0v) is 12.9. The fourth-order valence-electron chi connectivity index (χ4n) is 1.70. The summed E-state index contributed by atoms with van der Waals surface area (Å²) in [6.45, 7) is 0.558. The van der Waals surface area contributed by atoms with E-state index >= 15 is 0 Å². The number of ether oxygens (including phenoxy) is 1. The highest BCUT2D eigenvalue weighted by atomic mass is 79.9. The minimum atomic E-state index is 0.331. The van der Waals surface area contributed by atoms with Crippen molar-refractivity contribution in [3.8, 4) is 5.75 Å². The third-order valence-corrected chi connectivity index (χ3v) is 3.33. The van der Waals surface area contributed by atoms with Gasteiger partial charge < -0.3 is 10.5 Å². The Balaban J connectivity index is 2.01. The van der Waals surface area contributed by atoms with E-state index in [1.54, 1.807) is 4.68 Å². The third kappa shape index (κ3) is 3.78. The van der Waals surface area contributed by atoms with Gasteiger partial charge in [0.1, 0.15) is 10.7 Å². The summed E-state index contributed by atoms with van der Waals surface area (Å²) in [5, 5.41) is 4.11. The van der Waals surface area contributed by atoms with Gasteiger partial charge in [0.05, 0.1) is 18.4 Å². The summed E-state index contributed by atoms with van der Waals surface area (Å²) in [5.74, 6) is 0.708. The number of benzene rings is 1. The third-order valence-electron chi connectivity index (χ3n) is 2.61. The predicted molar refractivity (Wildman–Crippen MR) is 82.4 cm³/mol. The summed E-state index contributed by atoms with van der Waals surface area (Å²) in [6.07, 6.45) is 4.60. The highest BCUT2D eigenvalue weighted by Gasteiger charge is 2.07. The molecule has 0 aliphatic carbocycles. The summed E-state index contributed by atoms with van der Waals surface area (Å²) < 4.78 is 8.44. The minimum absolute atomic E-state index is 0.331. The van der Waals surface area contributed by atoms with Gasteiger partial charge in [-0.1, -0.05) is 28.1 Å². The molecule has 0 spiro atoms. The molecule has 0 atom stereocenters. The standard InChI is InChI=1S/C13H14BrN3OS/c1-17-8-9(7-16-17)4-5-18-12-3-2-10(14)6-11(12)13(15)19/h2-3,6-8H,4-5H2,1H3,(H2,15,19). The molecule has 0 radical (unpaired) electrons. The first-order valence-electron chi connectivity index (χ1n) is 5.76. The van der Waals surface area contributed by atoms with Crippen LogP contribution < -0.4 is 10.5 Å². The molecule has 19 heavy (non-hydrogen) atoms. The molecule has 4 nitrogen and oxygen atoms in total. The molecule has 1 heterocycles. The maximum atomic E-state index is 5.74. The molecule has 1 aromatic carbocycles. The van der Waals surface area contributed by atoms with Crippen LogP contribution in [0.4, 0.5) is 0 Å². The zero-order chi connectivity index (χ0) is 13.8. The van der Waals surface area contributed by atoms with E-state index in [2.05, 4.69) is 21.0 Å². The summed E-state index contributed by atoms with van der Waals surface area (Å²) >= 11 is 8.41. The van der Waals surface area contributed by atoms with Crippen molar-refractivity contribution in [1.29, 1.82) is 0 Å². The van der Waals surface area contributed by atoms with Gasteiger partial charge in [-0.05, 0) is 23.8 Å². The molecule has 6 heteroatoms. The van der Waals surface area contributed by atoms with Gasteiger partial charge in [0.2, 0.25) is 0 Å². The number of rotatable bonds is 5. The highest BCUT2D eigenvalue weighted by Crippen LogP contribution is 2.23. The molecule has 2 aromatic rings. The number of nitrogens with two attached hydrogens (primary N) is 1. The fraction of sp³-hybridized carbons (Fsp3) is 0.231. The lowest BCUT2D eigenvalue weighted by Crippen LogP contribution is -2.12. The van der Waals surface area contributed by atoms with Gasteiger partial charge >= 0.3 is 0 Å². The Labute approximate surface area is 125 Å². The molecule has 0 bridgehead atoms. The quantitative estimate of drug-likeness (QED) is 0.850. The molecule has 0 fully saturated rings. The summed E-state index contributed by atoms with van der Waals surface area (Å²) in [4.78, 5) is 0.331. The van der Waals surface area contributed by atoms with Crippen LogP contribution in [0, 0.1) is 0 Å². The van der Waals surface area contributed by atoms with E-state index in [0.717, 1.165) is 22.0 Å². The van der Waals surface area contributed by atoms with E-state index < -0.39 is 0 Å². The van der Waals surface area contributed by atoms with Gasteiger partial charge in [0, 0.05) is 24.1 Å². The molecule has 0 aliphatic heterocycles. The average molecular weight is 340 g/mol. The average Bonchev–Trinajstić information content (AvgIpc) is 2.77. The lowest BCUT2D eigenvalue weighted by atomic mass is 10.2. The molecule has 0 saturated carbocycles. The molecule has 0 aliphatic rings. The molecule has 0 amide bonds. The van der Waals surface area contributed by atoms with Crippen molar-refractivity contribution in [2.75, 3.05) is 6.61 Å². The van der Waals surface area contributed by atoms with E-state index in [-0.39, 0.29) is 0 Å². The predicted octanol–water partition coefficient (Wildman–Crippen LogP) is 2.44. The largest absolute Gasteiger partial charge is 0.493 e. The van der Waals surface area contributed by atoms with Crippen molar-refractivity contribution in [3.05, 3.63) is 46.2 Å². The van der Waals surface area contributed by atoms with Crippen LogP contribution in [0.25, 0.3) is 0 Å². The maximum absolute atomic E-state index is 5.74. The van der Waals surface area contributed by atoms with E-state index in [4.69, 9.17) is 22.7 Å².